The van der Waals surface area contributed by atoms with Crippen molar-refractivity contribution >= 4 is 116 Å². The maximum Gasteiger partial charge on any atom is 0.411 e. The summed E-state index contributed by atoms with van der Waals surface area (Å²) in [6.45, 7) is 0.953. The number of rotatable bonds is 16. The molecular weight excluding hydrogens is 1590 g/mol. The molecule has 24 heteroatoms. The van der Waals surface area contributed by atoms with Crippen LogP contribution in [-0.2, 0) is 116 Å². The Labute approximate surface area is 733 Å². The van der Waals surface area contributed by atoms with E-state index < -0.39 is 24.4 Å². The van der Waals surface area contributed by atoms with E-state index in [2.05, 4.69) is 45.5 Å². The van der Waals surface area contributed by atoms with E-state index in [0.717, 1.165) is 225 Å². The van der Waals surface area contributed by atoms with Crippen LogP contribution in [-0.4, -0.2) is 90.7 Å². The van der Waals surface area contributed by atoms with Crippen molar-refractivity contribution in [3.63, 3.8) is 0 Å². The number of amides is 8. The molecule has 644 valence electrons. The van der Waals surface area contributed by atoms with E-state index >= 15 is 0 Å². The smallest absolute Gasteiger partial charge is 0.411 e. The minimum absolute atomic E-state index is 0.00218. The van der Waals surface area contributed by atoms with Gasteiger partial charge in [-0.25, -0.2) is 19.2 Å². The van der Waals surface area contributed by atoms with Gasteiger partial charge in [-0.3, -0.25) is 60.0 Å². The lowest BCUT2D eigenvalue weighted by atomic mass is 9.96. The zero-order valence-corrected chi connectivity index (χ0v) is 70.6. The molecule has 126 heavy (non-hydrogen) atoms. The summed E-state index contributed by atoms with van der Waals surface area (Å²) in [5, 5.41) is 11.4. The number of aryl methyl sites for hydroxylation is 8. The highest BCUT2D eigenvalue weighted by molar-refractivity contribution is 6.07. The van der Waals surface area contributed by atoms with E-state index in [1.165, 1.54) is 6.42 Å². The highest BCUT2D eigenvalue weighted by Crippen LogP contribution is 2.44. The number of hydrogen-bond acceptors (Lipinski definition) is 12. The van der Waals surface area contributed by atoms with Crippen LogP contribution in [0.25, 0.3) is 0 Å². The Morgan fingerprint density at radius 3 is 0.659 bits per heavy atom. The number of fused-ring (bicyclic) bond motifs is 8. The number of nitrogens with zero attached hydrogens (tertiary/aromatic N) is 8. The van der Waals surface area contributed by atoms with Crippen LogP contribution in [0.5, 0.6) is 0 Å². The van der Waals surface area contributed by atoms with E-state index in [0.29, 0.717) is 22.7 Å². The summed E-state index contributed by atoms with van der Waals surface area (Å²) in [7, 11) is 0. The average Bonchev–Trinajstić information content (AvgIpc) is 1.59. The maximum absolute atomic E-state index is 13.5. The maximum atomic E-state index is 13.5. The highest BCUT2D eigenvalue weighted by atomic mass is 16.6. The van der Waals surface area contributed by atoms with Gasteiger partial charge in [-0.2, -0.15) is 0 Å². The Bertz CT molecular complexity index is 5870. The van der Waals surface area contributed by atoms with Crippen LogP contribution in [0.4, 0.5) is 87.4 Å². The summed E-state index contributed by atoms with van der Waals surface area (Å²) in [5.41, 5.74) is 18.2. The third kappa shape index (κ3) is 20.8. The second kappa shape index (κ2) is 39.6. The number of anilines is 12. The van der Waals surface area contributed by atoms with E-state index in [-0.39, 0.29) is 74.2 Å². The molecule has 8 heterocycles. The van der Waals surface area contributed by atoms with E-state index in [9.17, 15) is 38.4 Å². The summed E-state index contributed by atoms with van der Waals surface area (Å²) < 4.78 is 29.4. The summed E-state index contributed by atoms with van der Waals surface area (Å²) in [4.78, 5) is 110. The predicted molar refractivity (Wildman–Crippen MR) is 488 cm³/mol. The molecule has 0 spiro atoms. The first-order valence-corrected chi connectivity index (χ1v) is 44.2. The third-order valence-corrected chi connectivity index (χ3v) is 24.3. The van der Waals surface area contributed by atoms with Gasteiger partial charge < -0.3 is 37.2 Å². The molecule has 0 unspecified atom stereocenters. The van der Waals surface area contributed by atoms with Crippen LogP contribution in [0.15, 0.2) is 268 Å². The van der Waals surface area contributed by atoms with Gasteiger partial charge in [-0.1, -0.05) is 103 Å². The van der Waals surface area contributed by atoms with Crippen LogP contribution in [0, 0.1) is 0 Å². The van der Waals surface area contributed by atoms with Crippen LogP contribution in [0.1, 0.15) is 134 Å². The Kier molecular flexibility index (Phi) is 26.4. The van der Waals surface area contributed by atoms with Crippen molar-refractivity contribution in [1.29, 1.82) is 0 Å². The fourth-order valence-corrected chi connectivity index (χ4v) is 17.5. The Morgan fingerprint density at radius 1 is 0.230 bits per heavy atom. The van der Waals surface area contributed by atoms with Gasteiger partial charge in [0, 0.05) is 72.3 Å². The topological polar surface area (TPSA) is 254 Å². The normalized spacial score (nSPS) is 15.4. The third-order valence-electron chi connectivity index (χ3n) is 24.3. The number of aromatic nitrogens is 4. The van der Waals surface area contributed by atoms with Gasteiger partial charge in [0.15, 0.2) is 0 Å². The monoisotopic (exact) mass is 1690 g/mol. The molecule has 8 aliphatic rings. The Morgan fingerprint density at radius 2 is 0.437 bits per heavy atom. The van der Waals surface area contributed by atoms with Crippen molar-refractivity contribution in [2.24, 2.45) is 0 Å². The number of nitrogens with one attached hydrogen (secondary N) is 4. The minimum atomic E-state index is -0.448. The summed E-state index contributed by atoms with van der Waals surface area (Å²) in [5.74, 6) is -0.105. The van der Waals surface area contributed by atoms with Gasteiger partial charge in [-0.05, 0) is 301 Å². The molecule has 0 saturated heterocycles. The SMILES string of the molecule is O=C(Nc1ccc2c(c1)N(C(=O)Cn1cccc1)c1ccccc1CC2)OC1CC1.O=C(Nc1ccc2c(c1)N(C(=O)Cn1cccc1)c1ccccc1CC2)OC1CCC1.O=C(Nc1ccc2c(c1)N(C(=O)Cn1cccc1)c1ccccc1CC2)OC1CCCC1.O=C(Nc1ccc2c(c1)N(C(=O)Cn1cccc1)c1ccccc1CC2)OC1CCCCC1. The van der Waals surface area contributed by atoms with Crippen LogP contribution >= 0.6 is 0 Å². The molecule has 4 aliphatic heterocycles. The van der Waals surface area contributed by atoms with Crippen molar-refractivity contribution in [2.75, 3.05) is 40.9 Å². The molecule has 8 aromatic carbocycles. The highest BCUT2D eigenvalue weighted by Gasteiger charge is 2.34. The first-order valence-electron chi connectivity index (χ1n) is 44.2. The molecule has 4 fully saturated rings. The molecule has 0 bridgehead atoms. The van der Waals surface area contributed by atoms with Crippen LogP contribution in [0.3, 0.4) is 0 Å². The Balaban J connectivity index is 0.000000119. The number of ether oxygens (including phenoxy) is 4. The number of para-hydroxylation sites is 4. The molecule has 4 saturated carbocycles. The number of hydrogen-bond donors (Lipinski definition) is 4. The number of carbonyl (C=O) groups excluding carboxylic acids is 8. The molecule has 20 rings (SSSR count). The fourth-order valence-electron chi connectivity index (χ4n) is 17.5. The van der Waals surface area contributed by atoms with Gasteiger partial charge in [0.1, 0.15) is 50.6 Å². The second-order valence-electron chi connectivity index (χ2n) is 33.3. The molecule has 24 nitrogen and oxygen atoms in total. The minimum Gasteiger partial charge on any atom is -0.446 e. The molecule has 8 amide bonds. The molecule has 12 aromatic rings. The predicted octanol–water partition coefficient (Wildman–Crippen LogP) is 21.0. The summed E-state index contributed by atoms with van der Waals surface area (Å²) in [6, 6.07) is 70.5. The quantitative estimate of drug-likeness (QED) is 0.0659. The van der Waals surface area contributed by atoms with Crippen molar-refractivity contribution < 1.29 is 57.3 Å². The summed E-state index contributed by atoms with van der Waals surface area (Å²) in [6.07, 6.45) is 34.3. The standard InChI is InChI=1S/C27H29N3O3.C26H27N3O3.C25H25N3O3.C24H23N3O3/c31-26(19-29-16-6-7-17-29)30-24-11-5-4-8-20(24)12-13-21-14-15-22(18-25(21)30)28-27(32)33-23-9-2-1-3-10-23;30-25(18-28-15-5-6-16-28)29-23-10-4-1-7-19(23)11-12-20-13-14-21(17-24(20)29)27-26(31)32-22-8-2-3-9-22;29-24(17-27-14-3-4-15-27)28-22-9-2-1-6-18(22)10-11-19-12-13-20(16-23(19)28)26-25(30)31-21-7-5-8-21;28-23(16-26-13-3-4-14-26)27-21-6-2-1-5-17(21)7-8-18-9-10-19(15-22(18)27)25-24(29)30-20-11-12-20/h4-8,11,14-18,23H,1-3,9-10,12-13,19H2,(H,28,32);1,4-7,10,13-17,22H,2-3,8-9,11-12,18H2,(H,27,31);1-4,6,9,12-16,21H,5,7-8,10-11,17H2,(H,26,30);1-6,9-10,13-15,20H,7-8,11-12,16H2,(H,25,29). The van der Waals surface area contributed by atoms with E-state index in [4.69, 9.17) is 18.9 Å². The molecule has 4 aromatic heterocycles. The lowest BCUT2D eigenvalue weighted by Gasteiger charge is -2.27. The summed E-state index contributed by atoms with van der Waals surface area (Å²) >= 11 is 0. The van der Waals surface area contributed by atoms with E-state index in [1.807, 2.05) is 262 Å². The molecule has 4 N–H and O–H groups in total. The zero-order chi connectivity index (χ0) is 86.2. The molecule has 0 atom stereocenters. The van der Waals surface area contributed by atoms with Crippen molar-refractivity contribution in [1.82, 2.24) is 18.3 Å². The molecule has 0 radical (unpaired) electrons. The van der Waals surface area contributed by atoms with Gasteiger partial charge in [0.05, 0.1) is 45.5 Å². The first-order chi connectivity index (χ1) is 61.7. The van der Waals surface area contributed by atoms with Crippen LogP contribution < -0.4 is 40.9 Å². The number of carbonyl (C=O) groups is 8. The lowest BCUT2D eigenvalue weighted by molar-refractivity contribution is -0.119. The lowest BCUT2D eigenvalue weighted by Crippen LogP contribution is -2.30. The van der Waals surface area contributed by atoms with E-state index in [1.54, 1.807) is 19.6 Å². The van der Waals surface area contributed by atoms with Gasteiger partial charge in [-0.15, -0.1) is 0 Å². The zero-order valence-electron chi connectivity index (χ0n) is 70.6. The van der Waals surface area contributed by atoms with Crippen molar-refractivity contribution in [3.8, 4) is 0 Å². The van der Waals surface area contributed by atoms with Gasteiger partial charge in [0.25, 0.3) is 23.6 Å². The molecule has 4 aliphatic carbocycles. The fraction of sp³-hybridized carbons (Fsp3) is 0.294. The van der Waals surface area contributed by atoms with Crippen molar-refractivity contribution in [3.05, 3.63) is 312 Å². The van der Waals surface area contributed by atoms with Crippen molar-refractivity contribution in [2.45, 2.75) is 192 Å². The number of benzene rings is 8. The Hall–Kier alpha value is -14.2. The first kappa shape index (κ1) is 84.1. The van der Waals surface area contributed by atoms with Crippen LogP contribution in [0.2, 0.25) is 0 Å². The van der Waals surface area contributed by atoms with Gasteiger partial charge in [0.2, 0.25) is 0 Å². The second-order valence-corrected chi connectivity index (χ2v) is 33.3. The molecular formula is C102H104N12O12. The van der Waals surface area contributed by atoms with Gasteiger partial charge >= 0.3 is 24.4 Å². The average molecular weight is 1690 g/mol. The largest absolute Gasteiger partial charge is 0.446 e.